The van der Waals surface area contributed by atoms with Gasteiger partial charge >= 0.3 is 0 Å². The molecule has 0 aliphatic carbocycles. The summed E-state index contributed by atoms with van der Waals surface area (Å²) in [5.74, 6) is 0.0771. The van der Waals surface area contributed by atoms with Gasteiger partial charge in [0.2, 0.25) is 0 Å². The van der Waals surface area contributed by atoms with Crippen LogP contribution in [0.25, 0.3) is 6.08 Å². The second kappa shape index (κ2) is 8.87. The zero-order chi connectivity index (χ0) is 18.4. The number of aliphatic hydroxyl groups excluding tert-OH is 1. The van der Waals surface area contributed by atoms with E-state index in [1.807, 2.05) is 13.0 Å². The molecule has 1 aromatic rings. The van der Waals surface area contributed by atoms with Crippen LogP contribution < -0.4 is 0 Å². The molecule has 0 spiro atoms. The number of carbonyl (C=O) groups is 1. The Morgan fingerprint density at radius 2 is 2.08 bits per heavy atom. The molecule has 0 aromatic carbocycles. The van der Waals surface area contributed by atoms with Crippen LogP contribution >= 0.6 is 0 Å². The standard InChI is InChI=1S/C20H29N3O2/c1-4-5-8-23-15(2)11-18(16(23)3)12-19(13-21)20(25)22-9-6-17(14-24)7-10-22/h11-12,17,24H,4-10,14H2,1-3H3/b19-12-. The lowest BCUT2D eigenvalue weighted by atomic mass is 9.97. The number of aliphatic hydroxyl groups is 1. The Labute approximate surface area is 150 Å². The van der Waals surface area contributed by atoms with Crippen LogP contribution in [0.3, 0.4) is 0 Å². The summed E-state index contributed by atoms with van der Waals surface area (Å²) in [5, 5.41) is 18.7. The molecule has 1 aliphatic rings. The zero-order valence-corrected chi connectivity index (χ0v) is 15.6. The van der Waals surface area contributed by atoms with E-state index >= 15 is 0 Å². The van der Waals surface area contributed by atoms with Crippen molar-refractivity contribution < 1.29 is 9.90 Å². The van der Waals surface area contributed by atoms with Gasteiger partial charge in [0.1, 0.15) is 11.6 Å². The van der Waals surface area contributed by atoms with Gasteiger partial charge in [-0.05, 0) is 56.7 Å². The number of amides is 1. The average Bonchev–Trinajstić information content (AvgIpc) is 2.90. The third kappa shape index (κ3) is 4.52. The molecule has 1 N–H and O–H groups in total. The van der Waals surface area contributed by atoms with Crippen molar-refractivity contribution in [2.24, 2.45) is 5.92 Å². The predicted octanol–water partition coefficient (Wildman–Crippen LogP) is 3.04. The summed E-state index contributed by atoms with van der Waals surface area (Å²) in [6.07, 6.45) is 5.57. The maximum Gasteiger partial charge on any atom is 0.264 e. The summed E-state index contributed by atoms with van der Waals surface area (Å²) in [5.41, 5.74) is 3.40. The Morgan fingerprint density at radius 1 is 1.40 bits per heavy atom. The summed E-state index contributed by atoms with van der Waals surface area (Å²) in [4.78, 5) is 14.4. The van der Waals surface area contributed by atoms with Crippen LogP contribution in [-0.4, -0.2) is 40.2 Å². The van der Waals surface area contributed by atoms with Crippen molar-refractivity contribution in [1.29, 1.82) is 5.26 Å². The first-order valence-corrected chi connectivity index (χ1v) is 9.20. The molecule has 1 aromatic heterocycles. The van der Waals surface area contributed by atoms with Gasteiger partial charge in [0.25, 0.3) is 5.91 Å². The highest BCUT2D eigenvalue weighted by molar-refractivity contribution is 6.01. The number of likely N-dealkylation sites (tertiary alicyclic amines) is 1. The van der Waals surface area contributed by atoms with Crippen molar-refractivity contribution in [3.8, 4) is 6.07 Å². The minimum atomic E-state index is -0.197. The first kappa shape index (κ1) is 19.3. The Hall–Kier alpha value is -2.06. The fraction of sp³-hybridized carbons (Fsp3) is 0.600. The van der Waals surface area contributed by atoms with E-state index in [0.29, 0.717) is 13.1 Å². The van der Waals surface area contributed by atoms with Gasteiger partial charge in [0.15, 0.2) is 0 Å². The van der Waals surface area contributed by atoms with Gasteiger partial charge in [0.05, 0.1) is 0 Å². The van der Waals surface area contributed by atoms with Crippen molar-refractivity contribution in [3.63, 3.8) is 0 Å². The van der Waals surface area contributed by atoms with E-state index in [1.165, 1.54) is 0 Å². The number of nitriles is 1. The molecule has 0 bridgehead atoms. The molecule has 0 saturated carbocycles. The van der Waals surface area contributed by atoms with Crippen molar-refractivity contribution in [1.82, 2.24) is 9.47 Å². The largest absolute Gasteiger partial charge is 0.396 e. The highest BCUT2D eigenvalue weighted by Crippen LogP contribution is 2.22. The van der Waals surface area contributed by atoms with Crippen LogP contribution in [-0.2, 0) is 11.3 Å². The number of unbranched alkanes of at least 4 members (excludes halogenated alkanes) is 1. The van der Waals surface area contributed by atoms with E-state index in [9.17, 15) is 15.2 Å². The molecule has 1 saturated heterocycles. The molecule has 1 aliphatic heterocycles. The van der Waals surface area contributed by atoms with Gasteiger partial charge in [0, 0.05) is 37.6 Å². The highest BCUT2D eigenvalue weighted by atomic mass is 16.3. The van der Waals surface area contributed by atoms with Crippen LogP contribution in [0, 0.1) is 31.1 Å². The quantitative estimate of drug-likeness (QED) is 0.637. The fourth-order valence-corrected chi connectivity index (χ4v) is 3.42. The van der Waals surface area contributed by atoms with E-state index in [0.717, 1.165) is 49.2 Å². The van der Waals surface area contributed by atoms with E-state index in [1.54, 1.807) is 11.0 Å². The van der Waals surface area contributed by atoms with E-state index < -0.39 is 0 Å². The number of aromatic nitrogens is 1. The van der Waals surface area contributed by atoms with Crippen molar-refractivity contribution >= 4 is 12.0 Å². The molecule has 0 radical (unpaired) electrons. The summed E-state index contributed by atoms with van der Waals surface area (Å²) in [6, 6.07) is 4.13. The van der Waals surface area contributed by atoms with Gasteiger partial charge in [-0.1, -0.05) is 13.3 Å². The first-order valence-electron chi connectivity index (χ1n) is 9.20. The Morgan fingerprint density at radius 3 is 2.64 bits per heavy atom. The number of aryl methyl sites for hydroxylation is 1. The maximum atomic E-state index is 12.7. The van der Waals surface area contributed by atoms with Crippen LogP contribution in [0.5, 0.6) is 0 Å². The smallest absolute Gasteiger partial charge is 0.264 e. The molecule has 2 rings (SSSR count). The minimum Gasteiger partial charge on any atom is -0.396 e. The van der Waals surface area contributed by atoms with E-state index in [-0.39, 0.29) is 24.0 Å². The predicted molar refractivity (Wildman–Crippen MR) is 98.8 cm³/mol. The molecular formula is C20H29N3O2. The van der Waals surface area contributed by atoms with Crippen LogP contribution in [0.1, 0.15) is 49.6 Å². The lowest BCUT2D eigenvalue weighted by molar-refractivity contribution is -0.128. The zero-order valence-electron chi connectivity index (χ0n) is 15.6. The SMILES string of the molecule is CCCCn1c(C)cc(/C=C(/C#N)C(=O)N2CCC(CO)CC2)c1C. The summed E-state index contributed by atoms with van der Waals surface area (Å²) in [7, 11) is 0. The molecule has 1 amide bonds. The average molecular weight is 343 g/mol. The van der Waals surface area contributed by atoms with Gasteiger partial charge in [-0.2, -0.15) is 5.26 Å². The number of piperidine rings is 1. The third-order valence-electron chi connectivity index (χ3n) is 5.16. The number of hydrogen-bond donors (Lipinski definition) is 1. The van der Waals surface area contributed by atoms with Gasteiger partial charge in [-0.15, -0.1) is 0 Å². The van der Waals surface area contributed by atoms with Crippen molar-refractivity contribution in [2.75, 3.05) is 19.7 Å². The number of carbonyl (C=O) groups excluding carboxylic acids is 1. The lowest BCUT2D eigenvalue weighted by Crippen LogP contribution is -2.39. The molecule has 136 valence electrons. The Bertz CT molecular complexity index is 674. The fourth-order valence-electron chi connectivity index (χ4n) is 3.42. The molecule has 5 heteroatoms. The van der Waals surface area contributed by atoms with Gasteiger partial charge < -0.3 is 14.6 Å². The van der Waals surface area contributed by atoms with Crippen molar-refractivity contribution in [3.05, 3.63) is 28.6 Å². The number of rotatable bonds is 6. The first-order chi connectivity index (χ1) is 12.0. The van der Waals surface area contributed by atoms with Crippen molar-refractivity contribution in [2.45, 2.75) is 53.0 Å². The van der Waals surface area contributed by atoms with Gasteiger partial charge in [-0.3, -0.25) is 4.79 Å². The summed E-state index contributed by atoms with van der Waals surface area (Å²) < 4.78 is 2.25. The Kier molecular flexibility index (Phi) is 6.83. The van der Waals surface area contributed by atoms with Crippen LogP contribution in [0.15, 0.2) is 11.6 Å². The van der Waals surface area contributed by atoms with Gasteiger partial charge in [-0.25, -0.2) is 0 Å². The molecular weight excluding hydrogens is 314 g/mol. The molecule has 0 atom stereocenters. The molecule has 2 heterocycles. The number of hydrogen-bond acceptors (Lipinski definition) is 3. The highest BCUT2D eigenvalue weighted by Gasteiger charge is 2.24. The third-order valence-corrected chi connectivity index (χ3v) is 5.16. The second-order valence-corrected chi connectivity index (χ2v) is 6.92. The van der Waals surface area contributed by atoms with E-state index in [2.05, 4.69) is 24.5 Å². The van der Waals surface area contributed by atoms with E-state index in [4.69, 9.17) is 0 Å². The molecule has 5 nitrogen and oxygen atoms in total. The Balaban J connectivity index is 2.17. The monoisotopic (exact) mass is 343 g/mol. The van der Waals surface area contributed by atoms with Crippen LogP contribution in [0.4, 0.5) is 0 Å². The topological polar surface area (TPSA) is 69.3 Å². The number of nitrogens with zero attached hydrogens (tertiary/aromatic N) is 3. The molecule has 0 unspecified atom stereocenters. The summed E-state index contributed by atoms with van der Waals surface area (Å²) in [6.45, 7) is 8.63. The minimum absolute atomic E-state index is 0.173. The maximum absolute atomic E-state index is 12.7. The molecule has 1 fully saturated rings. The second-order valence-electron chi connectivity index (χ2n) is 6.92. The van der Waals surface area contributed by atoms with Crippen LogP contribution in [0.2, 0.25) is 0 Å². The lowest BCUT2D eigenvalue weighted by Gasteiger charge is -2.30. The molecule has 25 heavy (non-hydrogen) atoms. The summed E-state index contributed by atoms with van der Waals surface area (Å²) >= 11 is 0. The normalized spacial score (nSPS) is 16.1.